The summed E-state index contributed by atoms with van der Waals surface area (Å²) in [7, 11) is 0. The number of H-pyrrole nitrogens is 1. The van der Waals surface area contributed by atoms with Gasteiger partial charge in [-0.25, -0.2) is 0 Å². The molecule has 0 aliphatic carbocycles. The number of rotatable bonds is 4. The molecule has 0 amide bonds. The third-order valence-electron chi connectivity index (χ3n) is 3.31. The quantitative estimate of drug-likeness (QED) is 0.748. The monoisotopic (exact) mass is 342 g/mol. The van der Waals surface area contributed by atoms with Gasteiger partial charge in [-0.15, -0.1) is 0 Å². The van der Waals surface area contributed by atoms with Crippen LogP contribution in [0.3, 0.4) is 0 Å². The van der Waals surface area contributed by atoms with Gasteiger partial charge in [0.25, 0.3) is 0 Å². The summed E-state index contributed by atoms with van der Waals surface area (Å²) in [6.07, 6.45) is 5.45. The Labute approximate surface area is 131 Å². The molecular weight excluding hydrogens is 328 g/mol. The van der Waals surface area contributed by atoms with Crippen molar-refractivity contribution in [1.82, 2.24) is 15.2 Å². The molecule has 2 aromatic heterocycles. The Balaban J connectivity index is 1.77. The molecule has 4 nitrogen and oxygen atoms in total. The molecule has 2 N–H and O–H groups in total. The molecule has 0 spiro atoms. The molecule has 106 valence electrons. The number of aromatic amines is 1. The van der Waals surface area contributed by atoms with Crippen molar-refractivity contribution in [3.05, 3.63) is 64.5 Å². The fourth-order valence-electron chi connectivity index (χ4n) is 2.16. The van der Waals surface area contributed by atoms with Crippen molar-refractivity contribution in [2.45, 2.75) is 13.5 Å². The van der Waals surface area contributed by atoms with Gasteiger partial charge in [0.2, 0.25) is 0 Å². The molecule has 0 atom stereocenters. The van der Waals surface area contributed by atoms with E-state index in [1.54, 1.807) is 6.20 Å². The number of hydrogen-bond donors (Lipinski definition) is 2. The van der Waals surface area contributed by atoms with Gasteiger partial charge in [0.05, 0.1) is 11.9 Å². The summed E-state index contributed by atoms with van der Waals surface area (Å²) >= 11 is 3.51. The molecule has 0 saturated heterocycles. The van der Waals surface area contributed by atoms with Crippen LogP contribution < -0.4 is 5.32 Å². The number of aromatic nitrogens is 3. The Morgan fingerprint density at radius 1 is 1.24 bits per heavy atom. The molecule has 0 radical (unpaired) electrons. The van der Waals surface area contributed by atoms with Crippen molar-refractivity contribution < 1.29 is 0 Å². The third kappa shape index (κ3) is 3.13. The van der Waals surface area contributed by atoms with Gasteiger partial charge < -0.3 is 5.32 Å². The molecule has 0 aliphatic rings. The highest BCUT2D eigenvalue weighted by Crippen LogP contribution is 2.23. The maximum atomic E-state index is 4.15. The highest BCUT2D eigenvalue weighted by Gasteiger charge is 2.07. The molecule has 3 rings (SSSR count). The number of nitrogens with zero attached hydrogens (tertiary/aromatic N) is 2. The second kappa shape index (κ2) is 6.10. The lowest BCUT2D eigenvalue weighted by Gasteiger charge is -2.08. The SMILES string of the molecule is Cc1cc(NCc2cn[nH]c2-c2cccnc2)ccc1Br. The van der Waals surface area contributed by atoms with E-state index in [2.05, 4.69) is 61.6 Å². The van der Waals surface area contributed by atoms with E-state index in [0.717, 1.165) is 27.0 Å². The van der Waals surface area contributed by atoms with E-state index in [-0.39, 0.29) is 0 Å². The van der Waals surface area contributed by atoms with Crippen LogP contribution in [0.1, 0.15) is 11.1 Å². The standard InChI is InChI=1S/C16H15BrN4/c1-11-7-14(4-5-15(11)17)19-9-13-10-20-21-16(13)12-3-2-6-18-8-12/h2-8,10,19H,9H2,1H3,(H,20,21). The van der Waals surface area contributed by atoms with Gasteiger partial charge in [-0.05, 0) is 42.8 Å². The molecule has 0 saturated carbocycles. The second-order valence-corrected chi connectivity index (χ2v) is 5.68. The maximum Gasteiger partial charge on any atom is 0.0715 e. The summed E-state index contributed by atoms with van der Waals surface area (Å²) in [4.78, 5) is 4.15. The summed E-state index contributed by atoms with van der Waals surface area (Å²) in [5.41, 5.74) is 5.46. The molecule has 5 heteroatoms. The topological polar surface area (TPSA) is 53.6 Å². The van der Waals surface area contributed by atoms with Crippen LogP contribution in [0.2, 0.25) is 0 Å². The lowest BCUT2D eigenvalue weighted by molar-refractivity contribution is 1.09. The summed E-state index contributed by atoms with van der Waals surface area (Å²) in [6.45, 7) is 2.79. The lowest BCUT2D eigenvalue weighted by Crippen LogP contribution is -2.00. The van der Waals surface area contributed by atoms with E-state index in [9.17, 15) is 0 Å². The van der Waals surface area contributed by atoms with Gasteiger partial charge >= 0.3 is 0 Å². The Morgan fingerprint density at radius 3 is 2.90 bits per heavy atom. The number of hydrogen-bond acceptors (Lipinski definition) is 3. The molecule has 2 heterocycles. The highest BCUT2D eigenvalue weighted by atomic mass is 79.9. The van der Waals surface area contributed by atoms with Crippen LogP contribution in [0, 0.1) is 6.92 Å². The average molecular weight is 343 g/mol. The summed E-state index contributed by atoms with van der Waals surface area (Å²) in [5, 5.41) is 10.6. The normalized spacial score (nSPS) is 10.6. The van der Waals surface area contributed by atoms with Crippen molar-refractivity contribution in [2.24, 2.45) is 0 Å². The number of pyridine rings is 1. The van der Waals surface area contributed by atoms with E-state index in [1.165, 1.54) is 5.56 Å². The molecule has 0 bridgehead atoms. The van der Waals surface area contributed by atoms with Gasteiger partial charge in [-0.1, -0.05) is 15.9 Å². The van der Waals surface area contributed by atoms with Crippen molar-refractivity contribution >= 4 is 21.6 Å². The number of halogens is 1. The largest absolute Gasteiger partial charge is 0.381 e. The van der Waals surface area contributed by atoms with Crippen LogP contribution in [-0.4, -0.2) is 15.2 Å². The summed E-state index contributed by atoms with van der Waals surface area (Å²) < 4.78 is 1.12. The average Bonchev–Trinajstić information content (AvgIpc) is 2.98. The van der Waals surface area contributed by atoms with Crippen molar-refractivity contribution in [1.29, 1.82) is 0 Å². The molecular formula is C16H15BrN4. The minimum atomic E-state index is 0.710. The predicted molar refractivity (Wildman–Crippen MR) is 88.0 cm³/mol. The van der Waals surface area contributed by atoms with E-state index in [4.69, 9.17) is 0 Å². The zero-order valence-corrected chi connectivity index (χ0v) is 13.2. The van der Waals surface area contributed by atoms with Gasteiger partial charge in [0.1, 0.15) is 0 Å². The third-order valence-corrected chi connectivity index (χ3v) is 4.20. The van der Waals surface area contributed by atoms with Crippen LogP contribution in [0.15, 0.2) is 53.4 Å². The number of nitrogens with one attached hydrogen (secondary N) is 2. The zero-order valence-electron chi connectivity index (χ0n) is 11.6. The van der Waals surface area contributed by atoms with Gasteiger partial charge in [-0.2, -0.15) is 5.10 Å². The minimum Gasteiger partial charge on any atom is -0.381 e. The van der Waals surface area contributed by atoms with Crippen LogP contribution in [0.5, 0.6) is 0 Å². The molecule has 0 aliphatic heterocycles. The first-order valence-corrected chi connectivity index (χ1v) is 7.46. The number of anilines is 1. The summed E-state index contributed by atoms with van der Waals surface area (Å²) in [6, 6.07) is 10.2. The highest BCUT2D eigenvalue weighted by molar-refractivity contribution is 9.10. The van der Waals surface area contributed by atoms with Crippen LogP contribution in [0.4, 0.5) is 5.69 Å². The Hall–Kier alpha value is -2.14. The first kappa shape index (κ1) is 13.8. The van der Waals surface area contributed by atoms with E-state index < -0.39 is 0 Å². The van der Waals surface area contributed by atoms with Crippen molar-refractivity contribution in [3.8, 4) is 11.3 Å². The zero-order chi connectivity index (χ0) is 14.7. The van der Waals surface area contributed by atoms with Crippen molar-refractivity contribution in [2.75, 3.05) is 5.32 Å². The fourth-order valence-corrected chi connectivity index (χ4v) is 2.40. The van der Waals surface area contributed by atoms with Crippen LogP contribution >= 0.6 is 15.9 Å². The Morgan fingerprint density at radius 2 is 2.14 bits per heavy atom. The fraction of sp³-hybridized carbons (Fsp3) is 0.125. The number of benzene rings is 1. The minimum absolute atomic E-state index is 0.710. The molecule has 0 unspecified atom stereocenters. The maximum absolute atomic E-state index is 4.15. The van der Waals surface area contributed by atoms with E-state index in [0.29, 0.717) is 6.54 Å². The van der Waals surface area contributed by atoms with E-state index >= 15 is 0 Å². The van der Waals surface area contributed by atoms with Crippen LogP contribution in [0.25, 0.3) is 11.3 Å². The lowest BCUT2D eigenvalue weighted by atomic mass is 10.1. The Kier molecular flexibility index (Phi) is 4.01. The first-order chi connectivity index (χ1) is 10.2. The van der Waals surface area contributed by atoms with Crippen LogP contribution in [-0.2, 0) is 6.54 Å². The number of aryl methyl sites for hydroxylation is 1. The predicted octanol–water partition coefficient (Wildman–Crippen LogP) is 4.15. The molecule has 1 aromatic carbocycles. The smallest absolute Gasteiger partial charge is 0.0715 e. The molecule has 0 fully saturated rings. The Bertz CT molecular complexity index is 737. The van der Waals surface area contributed by atoms with Crippen molar-refractivity contribution in [3.63, 3.8) is 0 Å². The molecule has 3 aromatic rings. The second-order valence-electron chi connectivity index (χ2n) is 4.83. The van der Waals surface area contributed by atoms with E-state index in [1.807, 2.05) is 24.5 Å². The molecule has 21 heavy (non-hydrogen) atoms. The van der Waals surface area contributed by atoms with Gasteiger partial charge in [0.15, 0.2) is 0 Å². The van der Waals surface area contributed by atoms with Gasteiger partial charge in [0, 0.05) is 40.2 Å². The summed E-state index contributed by atoms with van der Waals surface area (Å²) in [5.74, 6) is 0. The van der Waals surface area contributed by atoms with Gasteiger partial charge in [-0.3, -0.25) is 10.1 Å². The first-order valence-electron chi connectivity index (χ1n) is 6.67.